The van der Waals surface area contributed by atoms with E-state index in [1.54, 1.807) is 0 Å². The van der Waals surface area contributed by atoms with Crippen molar-refractivity contribution in [2.75, 3.05) is 6.61 Å². The predicted octanol–water partition coefficient (Wildman–Crippen LogP) is 0.181. The van der Waals surface area contributed by atoms with Crippen LogP contribution in [-0.4, -0.2) is 18.4 Å². The summed E-state index contributed by atoms with van der Waals surface area (Å²) in [5, 5.41) is 2.55. The zero-order valence-corrected chi connectivity index (χ0v) is 6.02. The molecule has 0 atom stereocenters. The van der Waals surface area contributed by atoms with E-state index in [0.29, 0.717) is 6.61 Å². The van der Waals surface area contributed by atoms with Gasteiger partial charge in [0.1, 0.15) is 5.72 Å². The van der Waals surface area contributed by atoms with Gasteiger partial charge in [0.05, 0.1) is 0 Å². The first kappa shape index (κ1) is 7.34. The number of hydrogen-bond acceptors (Lipinski definition) is 2. The van der Waals surface area contributed by atoms with Crippen LogP contribution in [0.4, 0.5) is 4.79 Å². The molecule has 1 aliphatic rings. The van der Waals surface area contributed by atoms with Crippen LogP contribution in [0.15, 0.2) is 0 Å². The van der Waals surface area contributed by atoms with Crippen molar-refractivity contribution in [3.63, 3.8) is 0 Å². The Morgan fingerprint density at radius 2 is 2.40 bits per heavy atom. The van der Waals surface area contributed by atoms with Crippen molar-refractivity contribution in [2.45, 2.75) is 25.5 Å². The Morgan fingerprint density at radius 1 is 1.80 bits per heavy atom. The number of nitrogens with one attached hydrogen (secondary N) is 1. The number of rotatable bonds is 3. The van der Waals surface area contributed by atoms with Crippen LogP contribution in [0.3, 0.4) is 0 Å². The third-order valence-electron chi connectivity index (χ3n) is 1.48. The van der Waals surface area contributed by atoms with Gasteiger partial charge < -0.3 is 15.8 Å². The minimum atomic E-state index is -0.508. The number of ether oxygens (including phenoxy) is 1. The van der Waals surface area contributed by atoms with Crippen molar-refractivity contribution >= 4 is 6.03 Å². The molecule has 0 aromatic rings. The summed E-state index contributed by atoms with van der Waals surface area (Å²) in [6.45, 7) is 2.50. The number of nitrogens with two attached hydrogens (primary N) is 1. The molecule has 3 N–H and O–H groups in total. The zero-order valence-electron chi connectivity index (χ0n) is 6.02. The average molecular weight is 144 g/mol. The maximum atomic E-state index is 10.4. The van der Waals surface area contributed by atoms with E-state index >= 15 is 0 Å². The number of urea groups is 1. The highest BCUT2D eigenvalue weighted by Crippen LogP contribution is 2.36. The molecule has 0 aliphatic heterocycles. The van der Waals surface area contributed by atoms with Crippen LogP contribution in [0, 0.1) is 0 Å². The number of carbonyl (C=O) groups is 1. The summed E-state index contributed by atoms with van der Waals surface area (Å²) >= 11 is 0. The highest BCUT2D eigenvalue weighted by molar-refractivity contribution is 5.72. The van der Waals surface area contributed by atoms with E-state index in [1.807, 2.05) is 6.92 Å². The summed E-state index contributed by atoms with van der Waals surface area (Å²) in [4.78, 5) is 10.4. The van der Waals surface area contributed by atoms with Gasteiger partial charge in [0.25, 0.3) is 0 Å². The standard InChI is InChI=1S/C6H12N2O2/c1-2-10-6(3-4-6)8-5(7)9/h2-4H2,1H3,(H3,7,8,9). The zero-order chi connectivity index (χ0) is 7.61. The molecule has 4 heteroatoms. The lowest BCUT2D eigenvalue weighted by atomic mass is 10.6. The van der Waals surface area contributed by atoms with Crippen LogP contribution >= 0.6 is 0 Å². The van der Waals surface area contributed by atoms with Crippen LogP contribution < -0.4 is 11.1 Å². The summed E-state index contributed by atoms with van der Waals surface area (Å²) in [6.07, 6.45) is 1.76. The maximum absolute atomic E-state index is 10.4. The molecule has 0 aromatic carbocycles. The molecule has 0 bridgehead atoms. The molecule has 1 saturated carbocycles. The van der Waals surface area contributed by atoms with Gasteiger partial charge in [-0.2, -0.15) is 0 Å². The Balaban J connectivity index is 2.30. The summed E-state index contributed by atoms with van der Waals surface area (Å²) in [6, 6.07) is -0.508. The Morgan fingerprint density at radius 3 is 2.70 bits per heavy atom. The summed E-state index contributed by atoms with van der Waals surface area (Å²) in [5.74, 6) is 0. The number of hydrogen-bond donors (Lipinski definition) is 2. The van der Waals surface area contributed by atoms with Crippen molar-refractivity contribution in [2.24, 2.45) is 5.73 Å². The van der Waals surface area contributed by atoms with Crippen molar-refractivity contribution in [3.8, 4) is 0 Å². The highest BCUT2D eigenvalue weighted by Gasteiger charge is 2.44. The summed E-state index contributed by atoms with van der Waals surface area (Å²) in [7, 11) is 0. The summed E-state index contributed by atoms with van der Waals surface area (Å²) < 4.78 is 5.24. The quantitative estimate of drug-likeness (QED) is 0.555. The van der Waals surface area contributed by atoms with Gasteiger partial charge >= 0.3 is 6.03 Å². The van der Waals surface area contributed by atoms with Crippen molar-refractivity contribution in [1.82, 2.24) is 5.32 Å². The van der Waals surface area contributed by atoms with E-state index < -0.39 is 11.8 Å². The number of amides is 2. The summed E-state index contributed by atoms with van der Waals surface area (Å²) in [5.41, 5.74) is 4.52. The minimum Gasteiger partial charge on any atom is -0.356 e. The van der Waals surface area contributed by atoms with Gasteiger partial charge in [0.2, 0.25) is 0 Å². The van der Waals surface area contributed by atoms with Crippen molar-refractivity contribution in [3.05, 3.63) is 0 Å². The molecule has 0 spiro atoms. The van der Waals surface area contributed by atoms with Gasteiger partial charge in [-0.1, -0.05) is 0 Å². The first-order valence-corrected chi connectivity index (χ1v) is 3.40. The third-order valence-corrected chi connectivity index (χ3v) is 1.48. The second kappa shape index (κ2) is 2.46. The highest BCUT2D eigenvalue weighted by atomic mass is 16.5. The Labute approximate surface area is 59.7 Å². The minimum absolute atomic E-state index is 0.402. The molecule has 0 heterocycles. The van der Waals surface area contributed by atoms with Crippen LogP contribution in [0.1, 0.15) is 19.8 Å². The van der Waals surface area contributed by atoms with Crippen LogP contribution in [0.5, 0.6) is 0 Å². The molecular weight excluding hydrogens is 132 g/mol. The fourth-order valence-corrected chi connectivity index (χ4v) is 0.920. The lowest BCUT2D eigenvalue weighted by Gasteiger charge is -2.14. The van der Waals surface area contributed by atoms with Gasteiger partial charge in [-0.15, -0.1) is 0 Å². The Hall–Kier alpha value is -0.770. The topological polar surface area (TPSA) is 64.3 Å². The Kier molecular flexibility index (Phi) is 1.80. The van der Waals surface area contributed by atoms with Gasteiger partial charge in [-0.3, -0.25) is 0 Å². The lowest BCUT2D eigenvalue weighted by molar-refractivity contribution is 0.0256. The first-order chi connectivity index (χ1) is 4.68. The second-order valence-corrected chi connectivity index (χ2v) is 2.42. The third kappa shape index (κ3) is 1.60. The normalized spacial score (nSPS) is 20.1. The second-order valence-electron chi connectivity index (χ2n) is 2.42. The molecule has 0 radical (unpaired) electrons. The SMILES string of the molecule is CCOC1(NC(N)=O)CC1. The molecule has 1 aliphatic carbocycles. The first-order valence-electron chi connectivity index (χ1n) is 3.40. The van der Waals surface area contributed by atoms with Gasteiger partial charge in [-0.25, -0.2) is 4.79 Å². The fourth-order valence-electron chi connectivity index (χ4n) is 0.920. The van der Waals surface area contributed by atoms with E-state index in [-0.39, 0.29) is 0 Å². The van der Waals surface area contributed by atoms with E-state index in [4.69, 9.17) is 10.5 Å². The van der Waals surface area contributed by atoms with E-state index in [9.17, 15) is 4.79 Å². The van der Waals surface area contributed by atoms with Gasteiger partial charge in [0, 0.05) is 6.61 Å². The molecule has 10 heavy (non-hydrogen) atoms. The predicted molar refractivity (Wildman–Crippen MR) is 36.3 cm³/mol. The molecule has 2 amide bonds. The van der Waals surface area contributed by atoms with Gasteiger partial charge in [0.15, 0.2) is 0 Å². The molecule has 4 nitrogen and oxygen atoms in total. The molecule has 0 unspecified atom stereocenters. The lowest BCUT2D eigenvalue weighted by Crippen LogP contribution is -2.42. The molecule has 0 saturated heterocycles. The van der Waals surface area contributed by atoms with E-state index in [1.165, 1.54) is 0 Å². The number of carbonyl (C=O) groups excluding carboxylic acids is 1. The number of primary amides is 1. The van der Waals surface area contributed by atoms with E-state index in [2.05, 4.69) is 5.32 Å². The molecular formula is C6H12N2O2. The van der Waals surface area contributed by atoms with Gasteiger partial charge in [-0.05, 0) is 19.8 Å². The molecule has 1 fully saturated rings. The fraction of sp³-hybridized carbons (Fsp3) is 0.833. The Bertz CT molecular complexity index is 143. The molecule has 1 rings (SSSR count). The molecule has 58 valence electrons. The van der Waals surface area contributed by atoms with Crippen molar-refractivity contribution < 1.29 is 9.53 Å². The van der Waals surface area contributed by atoms with Crippen LogP contribution in [0.25, 0.3) is 0 Å². The smallest absolute Gasteiger partial charge is 0.314 e. The maximum Gasteiger partial charge on any atom is 0.314 e. The van der Waals surface area contributed by atoms with E-state index in [0.717, 1.165) is 12.8 Å². The monoisotopic (exact) mass is 144 g/mol. The largest absolute Gasteiger partial charge is 0.356 e. The van der Waals surface area contributed by atoms with Crippen LogP contribution in [-0.2, 0) is 4.74 Å². The van der Waals surface area contributed by atoms with Crippen molar-refractivity contribution in [1.29, 1.82) is 0 Å². The molecule has 0 aromatic heterocycles. The van der Waals surface area contributed by atoms with Crippen LogP contribution in [0.2, 0.25) is 0 Å². The average Bonchev–Trinajstić information content (AvgIpc) is 2.47.